The van der Waals surface area contributed by atoms with Crippen LogP contribution in [0, 0.1) is 0 Å². The first-order valence-electron chi connectivity index (χ1n) is 10.0. The van der Waals surface area contributed by atoms with Crippen LogP contribution in [-0.4, -0.2) is 19.9 Å². The maximum absolute atomic E-state index is 13.3. The second-order valence-corrected chi connectivity index (χ2v) is 10.5. The van der Waals surface area contributed by atoms with Crippen molar-refractivity contribution < 1.29 is 13.2 Å². The summed E-state index contributed by atoms with van der Waals surface area (Å²) < 4.78 is 30.1. The third kappa shape index (κ3) is 4.25. The third-order valence-electron chi connectivity index (χ3n) is 5.24. The van der Waals surface area contributed by atoms with Gasteiger partial charge in [-0.2, -0.15) is 12.8 Å². The number of thioether (sulfide) groups is 1. The standard InChI is InChI=1S/C26H16ClNO3S2/c27-18-12-14-19(15-13-18)33(30,31)28-23-16-25(26(29)22-10-4-3-9-21(22)23)32-24-11-5-7-17-6-1-2-8-20(17)24/h1-16H/b28-23-. The van der Waals surface area contributed by atoms with Gasteiger partial charge in [-0.05, 0) is 47.2 Å². The molecule has 0 radical (unpaired) electrons. The molecule has 4 aromatic rings. The SMILES string of the molecule is O=C1C(Sc2cccc3ccccc23)=C/C(=N/S(=O)(=O)c2ccc(Cl)cc2)c2ccccc21. The number of allylic oxidation sites excluding steroid dienone is 2. The molecule has 0 aromatic heterocycles. The zero-order valence-corrected chi connectivity index (χ0v) is 19.5. The Morgan fingerprint density at radius 1 is 0.758 bits per heavy atom. The summed E-state index contributed by atoms with van der Waals surface area (Å²) >= 11 is 7.21. The molecule has 0 amide bonds. The summed E-state index contributed by atoms with van der Waals surface area (Å²) in [5.74, 6) is -0.161. The second-order valence-electron chi connectivity index (χ2n) is 7.37. The average molecular weight is 490 g/mol. The quantitative estimate of drug-likeness (QED) is 0.326. The number of carbonyl (C=O) groups excluding carboxylic acids is 1. The Hall–Kier alpha value is -3.19. The molecule has 33 heavy (non-hydrogen) atoms. The number of carbonyl (C=O) groups is 1. The van der Waals surface area contributed by atoms with Crippen LogP contribution in [0.5, 0.6) is 0 Å². The smallest absolute Gasteiger partial charge is 0.282 e. The van der Waals surface area contributed by atoms with Gasteiger partial charge in [0.15, 0.2) is 5.78 Å². The van der Waals surface area contributed by atoms with Gasteiger partial charge in [0.1, 0.15) is 0 Å². The summed E-state index contributed by atoms with van der Waals surface area (Å²) in [6.07, 6.45) is 1.56. The van der Waals surface area contributed by atoms with Gasteiger partial charge in [-0.1, -0.05) is 84.0 Å². The molecule has 0 unspecified atom stereocenters. The molecule has 0 atom stereocenters. The Morgan fingerprint density at radius 2 is 1.42 bits per heavy atom. The molecule has 4 nitrogen and oxygen atoms in total. The van der Waals surface area contributed by atoms with E-state index in [0.29, 0.717) is 21.1 Å². The zero-order valence-electron chi connectivity index (χ0n) is 17.1. The summed E-state index contributed by atoms with van der Waals surface area (Å²) in [7, 11) is -4.00. The Balaban J connectivity index is 1.63. The van der Waals surface area contributed by atoms with Gasteiger partial charge in [0.25, 0.3) is 10.0 Å². The Labute approximate surface area is 200 Å². The highest BCUT2D eigenvalue weighted by Gasteiger charge is 2.27. The van der Waals surface area contributed by atoms with Crippen LogP contribution in [0.2, 0.25) is 5.02 Å². The number of sulfonamides is 1. The Bertz CT molecular complexity index is 1570. The highest BCUT2D eigenvalue weighted by atomic mass is 35.5. The van der Waals surface area contributed by atoms with Crippen molar-refractivity contribution in [2.24, 2.45) is 4.40 Å². The molecule has 5 rings (SSSR count). The lowest BCUT2D eigenvalue weighted by molar-refractivity contribution is 0.104. The summed E-state index contributed by atoms with van der Waals surface area (Å²) in [5, 5.41) is 2.51. The lowest BCUT2D eigenvalue weighted by Gasteiger charge is -2.17. The van der Waals surface area contributed by atoms with E-state index >= 15 is 0 Å². The van der Waals surface area contributed by atoms with Crippen LogP contribution in [0.4, 0.5) is 0 Å². The number of hydrogen-bond acceptors (Lipinski definition) is 4. The van der Waals surface area contributed by atoms with E-state index in [1.165, 1.54) is 36.0 Å². The van der Waals surface area contributed by atoms with E-state index < -0.39 is 10.0 Å². The predicted molar refractivity (Wildman–Crippen MR) is 134 cm³/mol. The van der Waals surface area contributed by atoms with E-state index in [1.54, 1.807) is 30.3 Å². The van der Waals surface area contributed by atoms with Crippen molar-refractivity contribution >= 4 is 55.7 Å². The lowest BCUT2D eigenvalue weighted by Crippen LogP contribution is -2.17. The maximum atomic E-state index is 13.3. The number of ketones is 1. The van der Waals surface area contributed by atoms with Gasteiger partial charge in [-0.15, -0.1) is 0 Å². The van der Waals surface area contributed by atoms with Gasteiger partial charge in [-0.25, -0.2) is 0 Å². The fourth-order valence-electron chi connectivity index (χ4n) is 3.65. The molecule has 0 fully saturated rings. The Kier molecular flexibility index (Phi) is 5.66. The van der Waals surface area contributed by atoms with Crippen LogP contribution >= 0.6 is 23.4 Å². The largest absolute Gasteiger partial charge is 0.288 e. The van der Waals surface area contributed by atoms with Crippen molar-refractivity contribution in [1.29, 1.82) is 0 Å². The number of hydrogen-bond donors (Lipinski definition) is 0. The summed E-state index contributed by atoms with van der Waals surface area (Å²) in [5.41, 5.74) is 1.14. The first kappa shape index (κ1) is 21.6. The lowest BCUT2D eigenvalue weighted by atomic mass is 9.94. The van der Waals surface area contributed by atoms with Crippen LogP contribution in [0.25, 0.3) is 10.8 Å². The highest BCUT2D eigenvalue weighted by Crippen LogP contribution is 2.37. The summed E-state index contributed by atoms with van der Waals surface area (Å²) in [6, 6.07) is 26.6. The molecule has 4 aromatic carbocycles. The van der Waals surface area contributed by atoms with E-state index in [9.17, 15) is 13.2 Å². The number of fused-ring (bicyclic) bond motifs is 2. The minimum absolute atomic E-state index is 0.0328. The van der Waals surface area contributed by atoms with E-state index in [-0.39, 0.29) is 16.4 Å². The fourth-order valence-corrected chi connectivity index (χ4v) is 5.82. The van der Waals surface area contributed by atoms with Crippen molar-refractivity contribution in [3.8, 4) is 0 Å². The molecule has 0 aliphatic heterocycles. The first-order valence-corrected chi connectivity index (χ1v) is 12.7. The topological polar surface area (TPSA) is 63.6 Å². The van der Waals surface area contributed by atoms with Gasteiger partial charge in [0.2, 0.25) is 0 Å². The number of halogens is 1. The van der Waals surface area contributed by atoms with Crippen molar-refractivity contribution in [3.63, 3.8) is 0 Å². The molecule has 162 valence electrons. The third-order valence-corrected chi connectivity index (χ3v) is 7.89. The van der Waals surface area contributed by atoms with E-state index in [0.717, 1.165) is 15.7 Å². The van der Waals surface area contributed by atoms with Crippen LogP contribution in [0.15, 0.2) is 116 Å². The molecule has 1 aliphatic rings. The van der Waals surface area contributed by atoms with Crippen LogP contribution in [0.1, 0.15) is 15.9 Å². The minimum atomic E-state index is -4.00. The molecule has 0 N–H and O–H groups in total. The summed E-state index contributed by atoms with van der Waals surface area (Å²) in [4.78, 5) is 14.6. The van der Waals surface area contributed by atoms with Gasteiger partial charge in [0.05, 0.1) is 15.5 Å². The van der Waals surface area contributed by atoms with Crippen molar-refractivity contribution in [3.05, 3.63) is 118 Å². The van der Waals surface area contributed by atoms with Gasteiger partial charge < -0.3 is 0 Å². The second kappa shape index (κ2) is 8.63. The number of Topliss-reactive ketones (excluding diaryl/α,β-unsaturated/α-hetero) is 1. The van der Waals surface area contributed by atoms with Gasteiger partial charge in [0, 0.05) is 21.0 Å². The maximum Gasteiger partial charge on any atom is 0.282 e. The molecule has 0 spiro atoms. The molecule has 7 heteroatoms. The van der Waals surface area contributed by atoms with Crippen molar-refractivity contribution in [1.82, 2.24) is 0 Å². The van der Waals surface area contributed by atoms with Crippen molar-refractivity contribution in [2.45, 2.75) is 9.79 Å². The molecule has 0 saturated heterocycles. The van der Waals surface area contributed by atoms with Crippen molar-refractivity contribution in [2.75, 3.05) is 0 Å². The molecular formula is C26H16ClNO3S2. The number of rotatable bonds is 4. The van der Waals surface area contributed by atoms with E-state index in [4.69, 9.17) is 11.6 Å². The minimum Gasteiger partial charge on any atom is -0.288 e. The number of nitrogens with zero attached hydrogens (tertiary/aromatic N) is 1. The van der Waals surface area contributed by atoms with E-state index in [1.807, 2.05) is 42.5 Å². The molecule has 1 aliphatic carbocycles. The fraction of sp³-hybridized carbons (Fsp3) is 0. The molecule has 0 heterocycles. The molecule has 0 bridgehead atoms. The van der Waals surface area contributed by atoms with Crippen LogP contribution in [-0.2, 0) is 10.0 Å². The molecular weight excluding hydrogens is 474 g/mol. The van der Waals surface area contributed by atoms with Crippen LogP contribution < -0.4 is 0 Å². The van der Waals surface area contributed by atoms with Gasteiger partial charge in [-0.3, -0.25) is 4.79 Å². The average Bonchev–Trinajstić information content (AvgIpc) is 2.82. The predicted octanol–water partition coefficient (Wildman–Crippen LogP) is 6.54. The molecule has 0 saturated carbocycles. The first-order chi connectivity index (χ1) is 15.9. The van der Waals surface area contributed by atoms with Crippen LogP contribution in [0.3, 0.4) is 0 Å². The zero-order chi connectivity index (χ0) is 23.0. The van der Waals surface area contributed by atoms with Gasteiger partial charge >= 0.3 is 0 Å². The monoisotopic (exact) mass is 489 g/mol. The number of benzene rings is 4. The normalized spacial score (nSPS) is 14.9. The Morgan fingerprint density at radius 3 is 2.21 bits per heavy atom. The summed E-state index contributed by atoms with van der Waals surface area (Å²) in [6.45, 7) is 0. The highest BCUT2D eigenvalue weighted by molar-refractivity contribution is 8.04. The van der Waals surface area contributed by atoms with E-state index in [2.05, 4.69) is 4.40 Å².